The van der Waals surface area contributed by atoms with Crippen LogP contribution in [-0.4, -0.2) is 22.8 Å². The molecule has 3 heteroatoms. The number of hydrogen-bond acceptors (Lipinski definition) is 3. The molecule has 3 nitrogen and oxygen atoms in total. The second-order valence-corrected chi connectivity index (χ2v) is 8.98. The van der Waals surface area contributed by atoms with Gasteiger partial charge in [-0.2, -0.15) is 0 Å². The largest absolute Gasteiger partial charge is 0.393 e. The summed E-state index contributed by atoms with van der Waals surface area (Å²) < 4.78 is 0. The third-order valence-corrected chi connectivity index (χ3v) is 8.04. The molecule has 7 atom stereocenters. The SMILES string of the molecule is C[C@]12CC(=O)C3C(CC[C@H]4C[C@H](O)CC[C@]34C)C1CCC2=O. The number of ketones is 2. The Bertz CT molecular complexity index is 527. The minimum atomic E-state index is -0.365. The lowest BCUT2D eigenvalue weighted by atomic mass is 9.45. The molecule has 0 saturated heterocycles. The Kier molecular flexibility index (Phi) is 3.15. The highest BCUT2D eigenvalue weighted by Gasteiger charge is 2.63. The van der Waals surface area contributed by atoms with Crippen molar-refractivity contribution in [3.05, 3.63) is 0 Å². The number of Topliss-reactive ketones (excluding diaryl/α,β-unsaturated/α-hetero) is 2. The van der Waals surface area contributed by atoms with Crippen molar-refractivity contribution in [3.63, 3.8) is 0 Å². The summed E-state index contributed by atoms with van der Waals surface area (Å²) in [7, 11) is 0. The number of fused-ring (bicyclic) bond motifs is 5. The van der Waals surface area contributed by atoms with E-state index in [9.17, 15) is 14.7 Å². The third kappa shape index (κ3) is 1.78. The number of hydrogen-bond donors (Lipinski definition) is 1. The molecule has 4 rings (SSSR count). The zero-order valence-corrected chi connectivity index (χ0v) is 13.8. The van der Waals surface area contributed by atoms with Crippen LogP contribution in [0.25, 0.3) is 0 Å². The van der Waals surface area contributed by atoms with Crippen LogP contribution >= 0.6 is 0 Å². The Labute approximate surface area is 132 Å². The van der Waals surface area contributed by atoms with Crippen LogP contribution in [0.15, 0.2) is 0 Å². The van der Waals surface area contributed by atoms with Gasteiger partial charge in [-0.25, -0.2) is 0 Å². The van der Waals surface area contributed by atoms with Gasteiger partial charge in [-0.05, 0) is 61.7 Å². The number of aliphatic hydroxyl groups is 1. The number of rotatable bonds is 0. The van der Waals surface area contributed by atoms with Gasteiger partial charge in [-0.15, -0.1) is 0 Å². The third-order valence-electron chi connectivity index (χ3n) is 8.04. The van der Waals surface area contributed by atoms with E-state index in [2.05, 4.69) is 13.8 Å². The second kappa shape index (κ2) is 4.66. The van der Waals surface area contributed by atoms with E-state index in [-0.39, 0.29) is 22.9 Å². The summed E-state index contributed by atoms with van der Waals surface area (Å²) >= 11 is 0. The number of carbonyl (C=O) groups is 2. The predicted octanol–water partition coefficient (Wildman–Crippen LogP) is 3.14. The van der Waals surface area contributed by atoms with Crippen LogP contribution in [0.5, 0.6) is 0 Å². The van der Waals surface area contributed by atoms with E-state index in [1.54, 1.807) is 0 Å². The van der Waals surface area contributed by atoms with Gasteiger partial charge in [0.15, 0.2) is 0 Å². The summed E-state index contributed by atoms with van der Waals surface area (Å²) in [6, 6.07) is 0. The molecule has 4 fully saturated rings. The molecule has 0 heterocycles. The van der Waals surface area contributed by atoms with E-state index in [1.165, 1.54) is 0 Å². The zero-order valence-electron chi connectivity index (χ0n) is 13.8. The Morgan fingerprint density at radius 3 is 2.64 bits per heavy atom. The minimum Gasteiger partial charge on any atom is -0.393 e. The lowest BCUT2D eigenvalue weighted by Gasteiger charge is -2.58. The van der Waals surface area contributed by atoms with Crippen LogP contribution in [0.2, 0.25) is 0 Å². The highest BCUT2D eigenvalue weighted by atomic mass is 16.3. The molecule has 122 valence electrons. The molecule has 0 aliphatic heterocycles. The number of aliphatic hydroxyl groups excluding tert-OH is 1. The lowest BCUT2D eigenvalue weighted by Crippen LogP contribution is -2.57. The standard InChI is InChI=1S/C19H28O3/c1-18-8-7-12(20)9-11(18)3-4-13-14-5-6-16(22)19(14,2)10-15(21)17(13)18/h11-14,17,20H,3-10H2,1-2H3/t11-,12+,13?,14?,17?,18-,19-/m0/s1. The van der Waals surface area contributed by atoms with Crippen molar-refractivity contribution in [3.8, 4) is 0 Å². The summed E-state index contributed by atoms with van der Waals surface area (Å²) in [6.07, 6.45) is 6.86. The summed E-state index contributed by atoms with van der Waals surface area (Å²) in [5.41, 5.74) is -0.304. The monoisotopic (exact) mass is 304 g/mol. The maximum atomic E-state index is 13.0. The normalized spacial score (nSPS) is 54.6. The first-order valence-electron chi connectivity index (χ1n) is 9.10. The Balaban J connectivity index is 1.71. The fourth-order valence-electron chi connectivity index (χ4n) is 6.83. The maximum absolute atomic E-state index is 13.0. The molecule has 0 radical (unpaired) electrons. The van der Waals surface area contributed by atoms with E-state index < -0.39 is 0 Å². The van der Waals surface area contributed by atoms with Gasteiger partial charge in [-0.1, -0.05) is 13.8 Å². The molecule has 0 amide bonds. The van der Waals surface area contributed by atoms with Crippen LogP contribution < -0.4 is 0 Å². The summed E-state index contributed by atoms with van der Waals surface area (Å²) in [5.74, 6) is 2.14. The van der Waals surface area contributed by atoms with Gasteiger partial charge in [0, 0.05) is 24.2 Å². The molecule has 22 heavy (non-hydrogen) atoms. The van der Waals surface area contributed by atoms with E-state index in [4.69, 9.17) is 0 Å². The Morgan fingerprint density at radius 2 is 1.86 bits per heavy atom. The zero-order chi connectivity index (χ0) is 15.7. The van der Waals surface area contributed by atoms with Crippen LogP contribution in [0, 0.1) is 34.5 Å². The Hall–Kier alpha value is -0.700. The van der Waals surface area contributed by atoms with Crippen molar-refractivity contribution in [2.45, 2.75) is 71.3 Å². The Morgan fingerprint density at radius 1 is 1.09 bits per heavy atom. The minimum absolute atomic E-state index is 0.0617. The van der Waals surface area contributed by atoms with Gasteiger partial charge >= 0.3 is 0 Å². The topological polar surface area (TPSA) is 54.4 Å². The van der Waals surface area contributed by atoms with E-state index in [0.717, 1.165) is 38.5 Å². The highest BCUT2D eigenvalue weighted by Crippen LogP contribution is 2.64. The van der Waals surface area contributed by atoms with Crippen LogP contribution in [0.1, 0.15) is 65.2 Å². The molecule has 4 aliphatic carbocycles. The van der Waals surface area contributed by atoms with E-state index in [1.807, 2.05) is 0 Å². The first-order valence-corrected chi connectivity index (χ1v) is 9.10. The van der Waals surface area contributed by atoms with Crippen LogP contribution in [0.3, 0.4) is 0 Å². The average molecular weight is 304 g/mol. The maximum Gasteiger partial charge on any atom is 0.139 e. The quantitative estimate of drug-likeness (QED) is 0.748. The van der Waals surface area contributed by atoms with Gasteiger partial charge in [0.25, 0.3) is 0 Å². The second-order valence-electron chi connectivity index (χ2n) is 8.98. The van der Waals surface area contributed by atoms with Gasteiger partial charge in [-0.3, -0.25) is 9.59 Å². The van der Waals surface area contributed by atoms with Crippen LogP contribution in [-0.2, 0) is 9.59 Å². The first-order chi connectivity index (χ1) is 10.4. The predicted molar refractivity (Wildman–Crippen MR) is 83.1 cm³/mol. The van der Waals surface area contributed by atoms with Crippen molar-refractivity contribution in [2.24, 2.45) is 34.5 Å². The average Bonchev–Trinajstić information content (AvgIpc) is 2.75. The fourth-order valence-corrected chi connectivity index (χ4v) is 6.83. The van der Waals surface area contributed by atoms with Crippen molar-refractivity contribution in [2.75, 3.05) is 0 Å². The van der Waals surface area contributed by atoms with Crippen LogP contribution in [0.4, 0.5) is 0 Å². The molecule has 4 saturated carbocycles. The number of carbonyl (C=O) groups excluding carboxylic acids is 2. The molecule has 3 unspecified atom stereocenters. The molecule has 0 aromatic rings. The highest BCUT2D eigenvalue weighted by molar-refractivity contribution is 5.95. The lowest BCUT2D eigenvalue weighted by molar-refractivity contribution is -0.162. The smallest absolute Gasteiger partial charge is 0.139 e. The van der Waals surface area contributed by atoms with Gasteiger partial charge in [0.05, 0.1) is 6.10 Å². The molecular weight excluding hydrogens is 276 g/mol. The van der Waals surface area contributed by atoms with E-state index >= 15 is 0 Å². The molecule has 1 N–H and O–H groups in total. The first kappa shape index (κ1) is 14.9. The van der Waals surface area contributed by atoms with Crippen molar-refractivity contribution >= 4 is 11.6 Å². The molecule has 0 spiro atoms. The summed E-state index contributed by atoms with van der Waals surface area (Å²) in [6.45, 7) is 4.36. The summed E-state index contributed by atoms with van der Waals surface area (Å²) in [4.78, 5) is 25.4. The summed E-state index contributed by atoms with van der Waals surface area (Å²) in [5, 5.41) is 10.0. The van der Waals surface area contributed by atoms with Gasteiger partial charge in [0.2, 0.25) is 0 Å². The fraction of sp³-hybridized carbons (Fsp3) is 0.895. The van der Waals surface area contributed by atoms with Crippen molar-refractivity contribution in [1.82, 2.24) is 0 Å². The van der Waals surface area contributed by atoms with Gasteiger partial charge in [0.1, 0.15) is 11.6 Å². The van der Waals surface area contributed by atoms with Gasteiger partial charge < -0.3 is 5.11 Å². The van der Waals surface area contributed by atoms with E-state index in [0.29, 0.717) is 42.2 Å². The molecule has 0 bridgehead atoms. The molecule has 0 aromatic carbocycles. The van der Waals surface area contributed by atoms with Crippen molar-refractivity contribution < 1.29 is 14.7 Å². The molecule has 0 aromatic heterocycles. The molecular formula is C19H28O3. The molecule has 4 aliphatic rings. The van der Waals surface area contributed by atoms with Crippen molar-refractivity contribution in [1.29, 1.82) is 0 Å².